The number of amides is 2. The summed E-state index contributed by atoms with van der Waals surface area (Å²) in [6, 6.07) is 17.9. The Hall–Kier alpha value is -2.86. The highest BCUT2D eigenvalue weighted by Gasteiger charge is 2.31. The second kappa shape index (κ2) is 10.6. The van der Waals surface area contributed by atoms with Crippen LogP contribution in [0.2, 0.25) is 0 Å². The summed E-state index contributed by atoms with van der Waals surface area (Å²) in [7, 11) is 0. The zero-order valence-electron chi connectivity index (χ0n) is 18.9. The monoisotopic (exact) mass is 434 g/mol. The zero-order valence-corrected chi connectivity index (χ0v) is 18.9. The molecule has 4 rings (SSSR count). The van der Waals surface area contributed by atoms with E-state index in [1.54, 1.807) is 0 Å². The molecule has 170 valence electrons. The van der Waals surface area contributed by atoms with Gasteiger partial charge in [-0.2, -0.15) is 0 Å². The maximum absolute atomic E-state index is 12.9. The van der Waals surface area contributed by atoms with Crippen molar-refractivity contribution in [1.29, 1.82) is 0 Å². The highest BCUT2D eigenvalue weighted by atomic mass is 16.2. The van der Waals surface area contributed by atoms with E-state index in [1.165, 1.54) is 18.4 Å². The number of likely N-dealkylation sites (tertiary alicyclic amines) is 1. The number of benzene rings is 2. The van der Waals surface area contributed by atoms with Crippen molar-refractivity contribution >= 4 is 23.2 Å². The van der Waals surface area contributed by atoms with E-state index < -0.39 is 0 Å². The second-order valence-corrected chi connectivity index (χ2v) is 9.02. The molecule has 2 aliphatic rings. The van der Waals surface area contributed by atoms with Crippen molar-refractivity contribution in [2.24, 2.45) is 0 Å². The van der Waals surface area contributed by atoms with Crippen LogP contribution in [-0.4, -0.2) is 48.4 Å². The van der Waals surface area contributed by atoms with E-state index in [1.807, 2.05) is 43.3 Å². The van der Waals surface area contributed by atoms with E-state index in [4.69, 9.17) is 0 Å². The van der Waals surface area contributed by atoms with Crippen molar-refractivity contribution < 1.29 is 9.59 Å². The third-order valence-corrected chi connectivity index (χ3v) is 6.38. The SMILES string of the molecule is CC(CC(=O)Nc1cccc(N2CCCC2)c1)NC(=O)C1CCCN1Cc1ccccc1. The maximum atomic E-state index is 12.9. The van der Waals surface area contributed by atoms with Gasteiger partial charge in [0, 0.05) is 43.5 Å². The van der Waals surface area contributed by atoms with Crippen molar-refractivity contribution in [3.63, 3.8) is 0 Å². The van der Waals surface area contributed by atoms with Crippen LogP contribution in [0.1, 0.15) is 44.6 Å². The molecule has 0 bridgehead atoms. The minimum atomic E-state index is -0.219. The molecular formula is C26H34N4O2. The first kappa shape index (κ1) is 22.3. The predicted octanol–water partition coefficient (Wildman–Crippen LogP) is 3.78. The normalized spacial score (nSPS) is 19.7. The summed E-state index contributed by atoms with van der Waals surface area (Å²) >= 11 is 0. The third kappa shape index (κ3) is 5.88. The Bertz CT molecular complexity index is 911. The van der Waals surface area contributed by atoms with Crippen LogP contribution in [0.4, 0.5) is 11.4 Å². The lowest BCUT2D eigenvalue weighted by Crippen LogP contribution is -2.46. The molecule has 0 spiro atoms. The molecule has 2 heterocycles. The van der Waals surface area contributed by atoms with Gasteiger partial charge in [0.15, 0.2) is 0 Å². The molecule has 32 heavy (non-hydrogen) atoms. The summed E-state index contributed by atoms with van der Waals surface area (Å²) in [5, 5.41) is 6.05. The molecule has 0 radical (unpaired) electrons. The number of hydrogen-bond donors (Lipinski definition) is 2. The quantitative estimate of drug-likeness (QED) is 0.664. The van der Waals surface area contributed by atoms with Gasteiger partial charge in [-0.1, -0.05) is 36.4 Å². The molecule has 2 amide bonds. The Kier molecular flexibility index (Phi) is 7.43. The van der Waals surface area contributed by atoms with Gasteiger partial charge in [-0.25, -0.2) is 0 Å². The Labute approximate surface area is 191 Å². The predicted molar refractivity (Wildman–Crippen MR) is 129 cm³/mol. The molecule has 2 aromatic rings. The smallest absolute Gasteiger partial charge is 0.237 e. The minimum Gasteiger partial charge on any atom is -0.371 e. The van der Waals surface area contributed by atoms with Gasteiger partial charge in [0.2, 0.25) is 11.8 Å². The molecule has 0 aliphatic carbocycles. The molecule has 0 aromatic heterocycles. The van der Waals surface area contributed by atoms with Crippen LogP contribution in [0.25, 0.3) is 0 Å². The zero-order chi connectivity index (χ0) is 22.3. The van der Waals surface area contributed by atoms with Gasteiger partial charge in [0.1, 0.15) is 0 Å². The number of nitrogens with zero attached hydrogens (tertiary/aromatic N) is 2. The van der Waals surface area contributed by atoms with E-state index in [2.05, 4.69) is 38.6 Å². The van der Waals surface area contributed by atoms with Gasteiger partial charge in [-0.3, -0.25) is 14.5 Å². The van der Waals surface area contributed by atoms with Crippen molar-refractivity contribution in [2.45, 2.75) is 57.7 Å². The van der Waals surface area contributed by atoms with Crippen LogP contribution in [0.3, 0.4) is 0 Å². The van der Waals surface area contributed by atoms with Gasteiger partial charge >= 0.3 is 0 Å². The number of carbonyl (C=O) groups excluding carboxylic acids is 2. The Balaban J connectivity index is 1.26. The van der Waals surface area contributed by atoms with E-state index in [0.29, 0.717) is 0 Å². The second-order valence-electron chi connectivity index (χ2n) is 9.02. The van der Waals surface area contributed by atoms with E-state index in [9.17, 15) is 9.59 Å². The van der Waals surface area contributed by atoms with Gasteiger partial charge in [0.05, 0.1) is 6.04 Å². The average molecular weight is 435 g/mol. The lowest BCUT2D eigenvalue weighted by molar-refractivity contribution is -0.126. The first-order valence-electron chi connectivity index (χ1n) is 11.8. The molecule has 2 saturated heterocycles. The summed E-state index contributed by atoms with van der Waals surface area (Å²) in [6.07, 6.45) is 4.58. The molecule has 0 saturated carbocycles. The molecule has 6 heteroatoms. The van der Waals surface area contributed by atoms with E-state index in [-0.39, 0.29) is 30.3 Å². The summed E-state index contributed by atoms with van der Waals surface area (Å²) in [6.45, 7) is 5.75. The third-order valence-electron chi connectivity index (χ3n) is 6.38. The van der Waals surface area contributed by atoms with Crippen LogP contribution in [0.5, 0.6) is 0 Å². The fraction of sp³-hybridized carbons (Fsp3) is 0.462. The molecule has 2 unspecified atom stereocenters. The van der Waals surface area contributed by atoms with Crippen molar-refractivity contribution in [3.8, 4) is 0 Å². The standard InChI is InChI=1S/C26H34N4O2/c1-20(17-25(31)28-22-11-7-12-23(18-22)29-14-5-6-15-29)27-26(32)24-13-8-16-30(24)19-21-9-3-2-4-10-21/h2-4,7,9-12,18,20,24H,5-6,8,13-17,19H2,1H3,(H,27,32)(H,28,31). The van der Waals surface area contributed by atoms with Gasteiger partial charge in [-0.05, 0) is 62.9 Å². The molecule has 2 fully saturated rings. The van der Waals surface area contributed by atoms with Crippen molar-refractivity contribution in [2.75, 3.05) is 29.9 Å². The molecular weight excluding hydrogens is 400 g/mol. The lowest BCUT2D eigenvalue weighted by Gasteiger charge is -2.25. The van der Waals surface area contributed by atoms with E-state index in [0.717, 1.165) is 50.4 Å². The lowest BCUT2D eigenvalue weighted by atomic mass is 10.1. The summed E-state index contributed by atoms with van der Waals surface area (Å²) in [5.74, 6) is -0.0568. The van der Waals surface area contributed by atoms with Crippen molar-refractivity contribution in [3.05, 3.63) is 60.2 Å². The fourth-order valence-corrected chi connectivity index (χ4v) is 4.77. The summed E-state index contributed by atoms with van der Waals surface area (Å²) < 4.78 is 0. The Morgan fingerprint density at radius 1 is 1.00 bits per heavy atom. The number of rotatable bonds is 8. The van der Waals surface area contributed by atoms with Gasteiger partial charge in [-0.15, -0.1) is 0 Å². The number of hydrogen-bond acceptors (Lipinski definition) is 4. The first-order valence-corrected chi connectivity index (χ1v) is 11.8. The fourth-order valence-electron chi connectivity index (χ4n) is 4.77. The van der Waals surface area contributed by atoms with Crippen LogP contribution in [0.15, 0.2) is 54.6 Å². The van der Waals surface area contributed by atoms with Crippen LogP contribution in [0, 0.1) is 0 Å². The molecule has 6 nitrogen and oxygen atoms in total. The molecule has 2 aromatic carbocycles. The molecule has 2 atom stereocenters. The first-order chi connectivity index (χ1) is 15.6. The van der Waals surface area contributed by atoms with Gasteiger partial charge < -0.3 is 15.5 Å². The molecule has 2 aliphatic heterocycles. The Morgan fingerprint density at radius 2 is 1.78 bits per heavy atom. The van der Waals surface area contributed by atoms with Crippen LogP contribution >= 0.6 is 0 Å². The topological polar surface area (TPSA) is 64.7 Å². The highest BCUT2D eigenvalue weighted by molar-refractivity contribution is 5.92. The van der Waals surface area contributed by atoms with Gasteiger partial charge in [0.25, 0.3) is 0 Å². The Morgan fingerprint density at radius 3 is 2.56 bits per heavy atom. The number of anilines is 2. The average Bonchev–Trinajstić information content (AvgIpc) is 3.47. The summed E-state index contributed by atoms with van der Waals surface area (Å²) in [5.41, 5.74) is 3.18. The molecule has 2 N–H and O–H groups in total. The number of carbonyl (C=O) groups is 2. The largest absolute Gasteiger partial charge is 0.371 e. The maximum Gasteiger partial charge on any atom is 0.237 e. The minimum absolute atomic E-state index is 0.0229. The summed E-state index contributed by atoms with van der Waals surface area (Å²) in [4.78, 5) is 30.1. The highest BCUT2D eigenvalue weighted by Crippen LogP contribution is 2.24. The van der Waals surface area contributed by atoms with Crippen molar-refractivity contribution in [1.82, 2.24) is 10.2 Å². The number of nitrogens with one attached hydrogen (secondary N) is 2. The van der Waals surface area contributed by atoms with E-state index >= 15 is 0 Å². The van der Waals surface area contributed by atoms with Crippen LogP contribution in [-0.2, 0) is 16.1 Å². The van der Waals surface area contributed by atoms with Crippen LogP contribution < -0.4 is 15.5 Å².